The van der Waals surface area contributed by atoms with Gasteiger partial charge in [0.25, 0.3) is 0 Å². The number of carboxylic acids is 1. The van der Waals surface area contributed by atoms with Crippen LogP contribution < -0.4 is 9.47 Å². The SMILES string of the molecule is COc1ccc(O[C@@H](Cc2cc(C)ccc2C)C(=O)O)cc1. The molecule has 0 aliphatic rings. The third kappa shape index (κ3) is 4.01. The summed E-state index contributed by atoms with van der Waals surface area (Å²) in [7, 11) is 1.58. The standard InChI is InChI=1S/C18H20O4/c1-12-4-5-13(2)14(10-12)11-17(18(19)20)22-16-8-6-15(21-3)7-9-16/h4-10,17H,11H2,1-3H3,(H,19,20)/t17-/m0/s1. The molecule has 0 saturated heterocycles. The Kier molecular flexibility index (Phi) is 5.04. The average Bonchev–Trinajstić information content (AvgIpc) is 2.50. The minimum Gasteiger partial charge on any atom is -0.497 e. The van der Waals surface area contributed by atoms with Crippen molar-refractivity contribution in [3.63, 3.8) is 0 Å². The van der Waals surface area contributed by atoms with Crippen molar-refractivity contribution in [3.8, 4) is 11.5 Å². The van der Waals surface area contributed by atoms with Gasteiger partial charge < -0.3 is 14.6 Å². The molecule has 0 radical (unpaired) electrons. The lowest BCUT2D eigenvalue weighted by Crippen LogP contribution is -2.29. The van der Waals surface area contributed by atoms with Crippen LogP contribution in [0.2, 0.25) is 0 Å². The Morgan fingerprint density at radius 1 is 1.09 bits per heavy atom. The molecular formula is C18H20O4. The first-order valence-electron chi connectivity index (χ1n) is 7.09. The topological polar surface area (TPSA) is 55.8 Å². The fraction of sp³-hybridized carbons (Fsp3) is 0.278. The van der Waals surface area contributed by atoms with E-state index in [1.165, 1.54) is 0 Å². The van der Waals surface area contributed by atoms with Gasteiger partial charge in [-0.05, 0) is 49.2 Å². The highest BCUT2D eigenvalue weighted by atomic mass is 16.5. The fourth-order valence-corrected chi connectivity index (χ4v) is 2.22. The van der Waals surface area contributed by atoms with E-state index in [1.54, 1.807) is 31.4 Å². The first-order chi connectivity index (χ1) is 10.5. The highest BCUT2D eigenvalue weighted by molar-refractivity contribution is 5.73. The first kappa shape index (κ1) is 15.9. The summed E-state index contributed by atoms with van der Waals surface area (Å²) in [6, 6.07) is 12.9. The molecule has 0 aliphatic carbocycles. The number of aliphatic carboxylic acids is 1. The van der Waals surface area contributed by atoms with E-state index in [2.05, 4.69) is 0 Å². The number of hydrogen-bond acceptors (Lipinski definition) is 3. The van der Waals surface area contributed by atoms with Crippen LogP contribution in [-0.2, 0) is 11.2 Å². The molecule has 2 aromatic rings. The van der Waals surface area contributed by atoms with Crippen molar-refractivity contribution in [3.05, 3.63) is 59.2 Å². The molecule has 2 aromatic carbocycles. The van der Waals surface area contributed by atoms with E-state index < -0.39 is 12.1 Å². The van der Waals surface area contributed by atoms with Crippen molar-refractivity contribution in [1.82, 2.24) is 0 Å². The van der Waals surface area contributed by atoms with Gasteiger partial charge in [0.2, 0.25) is 0 Å². The second kappa shape index (κ2) is 6.98. The average molecular weight is 300 g/mol. The maximum absolute atomic E-state index is 11.5. The Balaban J connectivity index is 2.15. The molecule has 2 rings (SSSR count). The maximum atomic E-state index is 11.5. The summed E-state index contributed by atoms with van der Waals surface area (Å²) in [5, 5.41) is 9.41. The number of methoxy groups -OCH3 is 1. The summed E-state index contributed by atoms with van der Waals surface area (Å²) in [6.07, 6.45) is -0.594. The van der Waals surface area contributed by atoms with Gasteiger partial charge in [0.05, 0.1) is 7.11 Å². The van der Waals surface area contributed by atoms with Gasteiger partial charge in [0.15, 0.2) is 6.10 Å². The van der Waals surface area contributed by atoms with E-state index in [0.717, 1.165) is 16.7 Å². The number of carboxylic acid groups (broad SMARTS) is 1. The molecule has 1 atom stereocenters. The van der Waals surface area contributed by atoms with Crippen LogP contribution in [0.3, 0.4) is 0 Å². The van der Waals surface area contributed by atoms with Crippen LogP contribution in [0.15, 0.2) is 42.5 Å². The summed E-state index contributed by atoms with van der Waals surface area (Å²) in [5.74, 6) is 0.240. The van der Waals surface area contributed by atoms with E-state index >= 15 is 0 Å². The highest BCUT2D eigenvalue weighted by Gasteiger charge is 2.21. The van der Waals surface area contributed by atoms with Gasteiger partial charge >= 0.3 is 5.97 Å². The van der Waals surface area contributed by atoms with Crippen LogP contribution in [-0.4, -0.2) is 24.3 Å². The zero-order valence-corrected chi connectivity index (χ0v) is 13.0. The predicted octanol–water partition coefficient (Wildman–Crippen LogP) is 3.39. The molecule has 1 N–H and O–H groups in total. The second-order valence-corrected chi connectivity index (χ2v) is 5.25. The molecule has 0 aliphatic heterocycles. The Morgan fingerprint density at radius 3 is 2.32 bits per heavy atom. The molecule has 116 valence electrons. The Bertz CT molecular complexity index is 647. The molecule has 0 bridgehead atoms. The van der Waals surface area contributed by atoms with Crippen LogP contribution in [0.1, 0.15) is 16.7 Å². The van der Waals surface area contributed by atoms with Crippen LogP contribution >= 0.6 is 0 Å². The van der Waals surface area contributed by atoms with E-state index in [9.17, 15) is 9.90 Å². The molecule has 0 unspecified atom stereocenters. The molecular weight excluding hydrogens is 280 g/mol. The third-order valence-corrected chi connectivity index (χ3v) is 3.52. The van der Waals surface area contributed by atoms with Crippen molar-refractivity contribution in [2.45, 2.75) is 26.4 Å². The molecule has 0 fully saturated rings. The number of ether oxygens (including phenoxy) is 2. The Labute approximate surface area is 130 Å². The van der Waals surface area contributed by atoms with Crippen molar-refractivity contribution >= 4 is 5.97 Å². The smallest absolute Gasteiger partial charge is 0.345 e. The van der Waals surface area contributed by atoms with Gasteiger partial charge in [-0.25, -0.2) is 4.79 Å². The molecule has 0 saturated carbocycles. The summed E-state index contributed by atoms with van der Waals surface area (Å²) < 4.78 is 10.7. The van der Waals surface area contributed by atoms with Crippen LogP contribution in [0, 0.1) is 13.8 Å². The lowest BCUT2D eigenvalue weighted by atomic mass is 10.00. The monoisotopic (exact) mass is 300 g/mol. The predicted molar refractivity (Wildman–Crippen MR) is 84.7 cm³/mol. The number of hydrogen-bond donors (Lipinski definition) is 1. The molecule has 22 heavy (non-hydrogen) atoms. The van der Waals surface area contributed by atoms with Gasteiger partial charge in [-0.1, -0.05) is 23.8 Å². The van der Waals surface area contributed by atoms with Crippen LogP contribution in [0.5, 0.6) is 11.5 Å². The second-order valence-electron chi connectivity index (χ2n) is 5.25. The quantitative estimate of drug-likeness (QED) is 0.888. The summed E-state index contributed by atoms with van der Waals surface area (Å²) >= 11 is 0. The zero-order valence-electron chi connectivity index (χ0n) is 13.0. The minimum atomic E-state index is -0.975. The minimum absolute atomic E-state index is 0.328. The van der Waals surface area contributed by atoms with Gasteiger partial charge in [-0.3, -0.25) is 0 Å². The van der Waals surface area contributed by atoms with Crippen molar-refractivity contribution in [1.29, 1.82) is 0 Å². The van der Waals surface area contributed by atoms with E-state index in [1.807, 2.05) is 32.0 Å². The third-order valence-electron chi connectivity index (χ3n) is 3.52. The Morgan fingerprint density at radius 2 is 1.73 bits per heavy atom. The number of aryl methyl sites for hydroxylation is 2. The Hall–Kier alpha value is -2.49. The number of rotatable bonds is 6. The summed E-state index contributed by atoms with van der Waals surface area (Å²) in [4.78, 5) is 11.5. The van der Waals surface area contributed by atoms with E-state index in [4.69, 9.17) is 9.47 Å². The number of benzene rings is 2. The first-order valence-corrected chi connectivity index (χ1v) is 7.09. The summed E-state index contributed by atoms with van der Waals surface area (Å²) in [5.41, 5.74) is 3.16. The van der Waals surface area contributed by atoms with Gasteiger partial charge in [0, 0.05) is 6.42 Å². The van der Waals surface area contributed by atoms with Gasteiger partial charge in [0.1, 0.15) is 11.5 Å². The van der Waals surface area contributed by atoms with E-state index in [-0.39, 0.29) is 0 Å². The molecule has 0 amide bonds. The van der Waals surface area contributed by atoms with Gasteiger partial charge in [-0.2, -0.15) is 0 Å². The molecule has 4 nitrogen and oxygen atoms in total. The van der Waals surface area contributed by atoms with Crippen molar-refractivity contribution in [2.24, 2.45) is 0 Å². The fourth-order valence-electron chi connectivity index (χ4n) is 2.22. The van der Waals surface area contributed by atoms with Crippen molar-refractivity contribution in [2.75, 3.05) is 7.11 Å². The number of carbonyl (C=O) groups is 1. The van der Waals surface area contributed by atoms with Crippen LogP contribution in [0.25, 0.3) is 0 Å². The molecule has 0 aromatic heterocycles. The highest BCUT2D eigenvalue weighted by Crippen LogP contribution is 2.20. The molecule has 4 heteroatoms. The van der Waals surface area contributed by atoms with Crippen LogP contribution in [0.4, 0.5) is 0 Å². The largest absolute Gasteiger partial charge is 0.497 e. The zero-order chi connectivity index (χ0) is 16.1. The normalized spacial score (nSPS) is 11.8. The van der Waals surface area contributed by atoms with Gasteiger partial charge in [-0.15, -0.1) is 0 Å². The van der Waals surface area contributed by atoms with Crippen molar-refractivity contribution < 1.29 is 19.4 Å². The molecule has 0 spiro atoms. The maximum Gasteiger partial charge on any atom is 0.345 e. The van der Waals surface area contributed by atoms with E-state index in [0.29, 0.717) is 17.9 Å². The lowest BCUT2D eigenvalue weighted by molar-refractivity contribution is -0.145. The lowest BCUT2D eigenvalue weighted by Gasteiger charge is -2.17. The molecule has 0 heterocycles. The summed E-state index contributed by atoms with van der Waals surface area (Å²) in [6.45, 7) is 3.96.